The van der Waals surface area contributed by atoms with Crippen LogP contribution in [0.5, 0.6) is 0 Å². The van der Waals surface area contributed by atoms with Crippen molar-refractivity contribution in [2.45, 2.75) is 14.8 Å². The summed E-state index contributed by atoms with van der Waals surface area (Å²) in [6, 6.07) is 25.2. The highest BCUT2D eigenvalue weighted by Gasteiger charge is 2.18. The summed E-state index contributed by atoms with van der Waals surface area (Å²) in [4.78, 5) is 34.6. The molecule has 0 fully saturated rings. The van der Waals surface area contributed by atoms with Crippen LogP contribution in [0.2, 0.25) is 0 Å². The largest absolute Gasteiger partial charge is 0.331 e. The molecule has 0 aliphatic carbocycles. The minimum absolute atomic E-state index is 0.178. The van der Waals surface area contributed by atoms with Gasteiger partial charge in [-0.05, 0) is 29.8 Å². The van der Waals surface area contributed by atoms with Crippen LogP contribution in [0.25, 0.3) is 20.4 Å². The van der Waals surface area contributed by atoms with Crippen molar-refractivity contribution in [2.75, 3.05) is 11.5 Å². The first-order chi connectivity index (χ1) is 17.1. The monoisotopic (exact) mass is 536 g/mol. The van der Waals surface area contributed by atoms with Crippen LogP contribution in [0.1, 0.15) is 11.7 Å². The van der Waals surface area contributed by atoms with Gasteiger partial charge in [-0.3, -0.25) is 9.59 Å². The smallest absolute Gasteiger partial charge is 0.232 e. The van der Waals surface area contributed by atoms with Gasteiger partial charge in [0.05, 0.1) is 31.9 Å². The topological polar surface area (TPSA) is 84.0 Å². The van der Waals surface area contributed by atoms with Crippen LogP contribution in [0, 0.1) is 0 Å². The van der Waals surface area contributed by atoms with E-state index in [9.17, 15) is 9.59 Å². The van der Waals surface area contributed by atoms with Crippen molar-refractivity contribution < 1.29 is 9.59 Å². The van der Waals surface area contributed by atoms with E-state index in [1.54, 1.807) is 22.7 Å². The van der Waals surface area contributed by atoms with E-state index < -0.39 is 6.17 Å². The summed E-state index contributed by atoms with van der Waals surface area (Å²) in [5.41, 5.74) is 2.67. The standard InChI is InChI=1S/C25H20N4O2S4/c30-21(14-32-24-26-17-10-4-6-12-19(17)34-24)28-23(16-8-2-1-3-9-16)29-22(31)15-33-25-27-18-11-5-7-13-20(18)35-25/h1-13,23H,14-15H2,(H,28,30)(H,29,31). The zero-order chi connectivity index (χ0) is 24.0. The summed E-state index contributed by atoms with van der Waals surface area (Å²) in [7, 11) is 0. The van der Waals surface area contributed by atoms with Gasteiger partial charge >= 0.3 is 0 Å². The Morgan fingerprint density at radius 1 is 0.686 bits per heavy atom. The molecule has 2 amide bonds. The van der Waals surface area contributed by atoms with Gasteiger partial charge in [-0.25, -0.2) is 9.97 Å². The number of fused-ring (bicyclic) bond motifs is 2. The minimum atomic E-state index is -0.622. The number of nitrogens with zero attached hydrogens (tertiary/aromatic N) is 2. The van der Waals surface area contributed by atoms with Crippen molar-refractivity contribution in [1.29, 1.82) is 0 Å². The van der Waals surface area contributed by atoms with Gasteiger partial charge < -0.3 is 10.6 Å². The molecule has 0 saturated carbocycles. The summed E-state index contributed by atoms with van der Waals surface area (Å²) >= 11 is 5.91. The van der Waals surface area contributed by atoms with Crippen LogP contribution in [0.3, 0.4) is 0 Å². The van der Waals surface area contributed by atoms with E-state index in [0.29, 0.717) is 0 Å². The van der Waals surface area contributed by atoms with E-state index >= 15 is 0 Å². The average Bonchev–Trinajstić information content (AvgIpc) is 3.50. The zero-order valence-electron chi connectivity index (χ0n) is 18.3. The molecule has 3 aromatic carbocycles. The second-order valence-electron chi connectivity index (χ2n) is 7.45. The summed E-state index contributed by atoms with van der Waals surface area (Å²) in [5.74, 6) is 0.0587. The van der Waals surface area contributed by atoms with Crippen LogP contribution >= 0.6 is 46.2 Å². The van der Waals surface area contributed by atoms with Gasteiger partial charge in [0.15, 0.2) is 8.68 Å². The number of amides is 2. The number of thiazole rings is 2. The fourth-order valence-corrected chi connectivity index (χ4v) is 7.09. The van der Waals surface area contributed by atoms with Crippen molar-refractivity contribution in [3.05, 3.63) is 84.4 Å². The molecule has 5 rings (SSSR count). The number of rotatable bonds is 9. The number of thioether (sulfide) groups is 2. The number of carbonyl (C=O) groups excluding carboxylic acids is 2. The molecule has 0 unspecified atom stereocenters. The Kier molecular flexibility index (Phi) is 7.63. The molecule has 0 saturated heterocycles. The molecule has 0 atom stereocenters. The molecule has 10 heteroatoms. The fraction of sp³-hybridized carbons (Fsp3) is 0.120. The lowest BCUT2D eigenvalue weighted by Gasteiger charge is -2.20. The van der Waals surface area contributed by atoms with Crippen molar-refractivity contribution in [3.8, 4) is 0 Å². The third-order valence-electron chi connectivity index (χ3n) is 4.95. The number of benzene rings is 3. The first kappa shape index (κ1) is 23.8. The van der Waals surface area contributed by atoms with Gasteiger partial charge in [0.2, 0.25) is 11.8 Å². The highest BCUT2D eigenvalue weighted by Crippen LogP contribution is 2.30. The summed E-state index contributed by atoms with van der Waals surface area (Å²) in [6.07, 6.45) is -0.622. The van der Waals surface area contributed by atoms with Gasteiger partial charge in [-0.1, -0.05) is 78.1 Å². The molecule has 0 bridgehead atoms. The maximum Gasteiger partial charge on any atom is 0.232 e. The molecule has 35 heavy (non-hydrogen) atoms. The van der Waals surface area contributed by atoms with Crippen molar-refractivity contribution in [3.63, 3.8) is 0 Å². The second-order valence-corrected chi connectivity index (χ2v) is 12.0. The Morgan fingerprint density at radius 3 is 1.63 bits per heavy atom. The highest BCUT2D eigenvalue weighted by atomic mass is 32.2. The van der Waals surface area contributed by atoms with E-state index in [1.165, 1.54) is 23.5 Å². The lowest BCUT2D eigenvalue weighted by atomic mass is 10.1. The molecular formula is C25H20N4O2S4. The van der Waals surface area contributed by atoms with Crippen LogP contribution < -0.4 is 10.6 Å². The number of hydrogen-bond acceptors (Lipinski definition) is 8. The third kappa shape index (κ3) is 6.21. The Morgan fingerprint density at radius 2 is 1.14 bits per heavy atom. The highest BCUT2D eigenvalue weighted by molar-refractivity contribution is 8.02. The maximum absolute atomic E-state index is 12.8. The molecule has 2 N–H and O–H groups in total. The van der Waals surface area contributed by atoms with Crippen LogP contribution in [-0.2, 0) is 9.59 Å². The van der Waals surface area contributed by atoms with Gasteiger partial charge in [0, 0.05) is 0 Å². The normalized spacial score (nSPS) is 11.2. The van der Waals surface area contributed by atoms with Gasteiger partial charge in [-0.15, -0.1) is 22.7 Å². The van der Waals surface area contributed by atoms with E-state index in [-0.39, 0.29) is 23.3 Å². The zero-order valence-corrected chi connectivity index (χ0v) is 21.6. The summed E-state index contributed by atoms with van der Waals surface area (Å²) in [5, 5.41) is 5.90. The molecule has 2 aromatic heterocycles. The quantitative estimate of drug-likeness (QED) is 0.185. The Labute approximate surface area is 218 Å². The summed E-state index contributed by atoms with van der Waals surface area (Å²) < 4.78 is 3.87. The molecule has 0 spiro atoms. The lowest BCUT2D eigenvalue weighted by Crippen LogP contribution is -2.42. The van der Waals surface area contributed by atoms with Crippen LogP contribution in [-0.4, -0.2) is 33.3 Å². The third-order valence-corrected chi connectivity index (χ3v) is 9.30. The van der Waals surface area contributed by atoms with Crippen molar-refractivity contribution in [1.82, 2.24) is 20.6 Å². The predicted octanol–water partition coefficient (Wildman–Crippen LogP) is 5.72. The van der Waals surface area contributed by atoms with E-state index in [4.69, 9.17) is 0 Å². The number of nitrogens with one attached hydrogen (secondary N) is 2. The maximum atomic E-state index is 12.8. The second kappa shape index (κ2) is 11.2. The number of aromatic nitrogens is 2. The molecular weight excluding hydrogens is 517 g/mol. The van der Waals surface area contributed by atoms with E-state index in [0.717, 1.165) is 34.7 Å². The van der Waals surface area contributed by atoms with Crippen molar-refractivity contribution >= 4 is 78.4 Å². The molecule has 176 valence electrons. The van der Waals surface area contributed by atoms with E-state index in [2.05, 4.69) is 20.6 Å². The molecule has 6 nitrogen and oxygen atoms in total. The molecule has 0 aliphatic rings. The number of hydrogen-bond donors (Lipinski definition) is 2. The first-order valence-electron chi connectivity index (χ1n) is 10.7. The predicted molar refractivity (Wildman–Crippen MR) is 146 cm³/mol. The minimum Gasteiger partial charge on any atom is -0.331 e. The van der Waals surface area contributed by atoms with Crippen molar-refractivity contribution in [2.24, 2.45) is 0 Å². The Hall–Kier alpha value is -2.92. The number of para-hydroxylation sites is 2. The molecule has 2 heterocycles. The average molecular weight is 537 g/mol. The number of carbonyl (C=O) groups is 2. The molecule has 0 aliphatic heterocycles. The van der Waals surface area contributed by atoms with Gasteiger partial charge in [0.25, 0.3) is 0 Å². The Bertz CT molecular complexity index is 1310. The van der Waals surface area contributed by atoms with Crippen LogP contribution in [0.15, 0.2) is 87.5 Å². The Balaban J connectivity index is 1.19. The van der Waals surface area contributed by atoms with E-state index in [1.807, 2.05) is 78.9 Å². The lowest BCUT2D eigenvalue weighted by molar-refractivity contribution is -0.121. The summed E-state index contributed by atoms with van der Waals surface area (Å²) in [6.45, 7) is 0. The van der Waals surface area contributed by atoms with Crippen LogP contribution in [0.4, 0.5) is 0 Å². The molecule has 0 radical (unpaired) electrons. The first-order valence-corrected chi connectivity index (χ1v) is 14.3. The van der Waals surface area contributed by atoms with Gasteiger partial charge in [0.1, 0.15) is 6.17 Å². The SMILES string of the molecule is O=C(CSc1nc2ccccc2s1)NC(NC(=O)CSc1nc2ccccc2s1)c1ccccc1. The fourth-order valence-electron chi connectivity index (χ4n) is 3.33. The van der Waals surface area contributed by atoms with Gasteiger partial charge in [-0.2, -0.15) is 0 Å². The molecule has 5 aromatic rings.